The van der Waals surface area contributed by atoms with Crippen molar-refractivity contribution in [1.29, 1.82) is 0 Å². The van der Waals surface area contributed by atoms with Crippen LogP contribution in [0.1, 0.15) is 19.4 Å². The molecule has 0 aromatic heterocycles. The highest BCUT2D eigenvalue weighted by molar-refractivity contribution is 6.29. The van der Waals surface area contributed by atoms with Crippen LogP contribution in [0.3, 0.4) is 0 Å². The van der Waals surface area contributed by atoms with E-state index >= 15 is 0 Å². The molecule has 0 spiro atoms. The Bertz CT molecular complexity index is 362. The summed E-state index contributed by atoms with van der Waals surface area (Å²) in [7, 11) is 0. The van der Waals surface area contributed by atoms with Crippen molar-refractivity contribution in [3.63, 3.8) is 0 Å². The molecule has 0 bridgehead atoms. The van der Waals surface area contributed by atoms with E-state index in [1.165, 1.54) is 5.56 Å². The minimum Gasteiger partial charge on any atom is -0.375 e. The molecular formula is C15H22ClNO. The zero-order valence-corrected chi connectivity index (χ0v) is 12.0. The van der Waals surface area contributed by atoms with Crippen LogP contribution in [-0.2, 0) is 11.3 Å². The van der Waals surface area contributed by atoms with Gasteiger partial charge in [-0.3, -0.25) is 0 Å². The minimum absolute atomic E-state index is 0.0844. The van der Waals surface area contributed by atoms with Crippen molar-refractivity contribution in [3.05, 3.63) is 47.5 Å². The molecule has 0 aliphatic rings. The molecule has 18 heavy (non-hydrogen) atoms. The Morgan fingerprint density at radius 1 is 1.33 bits per heavy atom. The summed E-state index contributed by atoms with van der Waals surface area (Å²) in [6, 6.07) is 10.4. The van der Waals surface area contributed by atoms with Crippen LogP contribution in [0.5, 0.6) is 0 Å². The highest BCUT2D eigenvalue weighted by atomic mass is 35.5. The third kappa shape index (κ3) is 6.80. The lowest BCUT2D eigenvalue weighted by molar-refractivity contribution is 0.0787. The quantitative estimate of drug-likeness (QED) is 0.777. The molecule has 0 radical (unpaired) electrons. The Morgan fingerprint density at radius 2 is 2.00 bits per heavy atom. The molecule has 0 unspecified atom stereocenters. The van der Waals surface area contributed by atoms with Gasteiger partial charge >= 0.3 is 0 Å². The second-order valence-electron chi connectivity index (χ2n) is 5.26. The van der Waals surface area contributed by atoms with E-state index in [9.17, 15) is 0 Å². The van der Waals surface area contributed by atoms with Gasteiger partial charge < -0.3 is 10.1 Å². The molecule has 1 N–H and O–H groups in total. The van der Waals surface area contributed by atoms with Crippen LogP contribution in [0.4, 0.5) is 0 Å². The summed E-state index contributed by atoms with van der Waals surface area (Å²) in [4.78, 5) is 0. The first-order valence-corrected chi connectivity index (χ1v) is 6.53. The van der Waals surface area contributed by atoms with Crippen LogP contribution in [0.2, 0.25) is 0 Å². The van der Waals surface area contributed by atoms with Gasteiger partial charge in [-0.1, -0.05) is 62.4 Å². The van der Waals surface area contributed by atoms with Crippen LogP contribution >= 0.6 is 11.6 Å². The third-order valence-electron chi connectivity index (χ3n) is 2.53. The van der Waals surface area contributed by atoms with E-state index in [0.717, 1.165) is 13.1 Å². The van der Waals surface area contributed by atoms with Crippen molar-refractivity contribution in [2.24, 2.45) is 5.41 Å². The number of halogens is 1. The number of hydrogen-bond acceptors (Lipinski definition) is 2. The first kappa shape index (κ1) is 15.2. The van der Waals surface area contributed by atoms with Gasteiger partial charge in [0.2, 0.25) is 0 Å². The highest BCUT2D eigenvalue weighted by Crippen LogP contribution is 2.15. The third-order valence-corrected chi connectivity index (χ3v) is 2.64. The molecule has 0 aliphatic heterocycles. The number of benzene rings is 1. The topological polar surface area (TPSA) is 21.3 Å². The van der Waals surface area contributed by atoms with Crippen LogP contribution in [0.15, 0.2) is 41.9 Å². The van der Waals surface area contributed by atoms with Gasteiger partial charge in [-0.25, -0.2) is 0 Å². The molecule has 3 heteroatoms. The smallest absolute Gasteiger partial charge is 0.0817 e. The molecule has 1 aromatic rings. The van der Waals surface area contributed by atoms with E-state index in [-0.39, 0.29) is 5.41 Å². The average Bonchev–Trinajstić information content (AvgIpc) is 2.29. The summed E-state index contributed by atoms with van der Waals surface area (Å²) < 4.78 is 5.49. The van der Waals surface area contributed by atoms with E-state index in [0.29, 0.717) is 18.2 Å². The first-order valence-electron chi connectivity index (χ1n) is 6.15. The lowest BCUT2D eigenvalue weighted by atomic mass is 9.95. The Morgan fingerprint density at radius 3 is 2.61 bits per heavy atom. The molecule has 2 nitrogen and oxygen atoms in total. The van der Waals surface area contributed by atoms with Crippen molar-refractivity contribution in [2.45, 2.75) is 20.4 Å². The molecule has 0 amide bonds. The zero-order chi connectivity index (χ0) is 13.4. The summed E-state index contributed by atoms with van der Waals surface area (Å²) >= 11 is 5.66. The average molecular weight is 268 g/mol. The second-order valence-corrected chi connectivity index (χ2v) is 5.80. The second kappa shape index (κ2) is 7.57. The van der Waals surface area contributed by atoms with E-state index < -0.39 is 0 Å². The van der Waals surface area contributed by atoms with Gasteiger partial charge in [0.15, 0.2) is 0 Å². The van der Waals surface area contributed by atoms with Crippen LogP contribution in [-0.4, -0.2) is 19.8 Å². The number of rotatable bonds is 8. The van der Waals surface area contributed by atoms with Gasteiger partial charge in [-0.2, -0.15) is 0 Å². The molecule has 1 rings (SSSR count). The molecule has 0 aliphatic carbocycles. The molecule has 0 heterocycles. The first-order chi connectivity index (χ1) is 8.49. The van der Waals surface area contributed by atoms with Gasteiger partial charge in [0.25, 0.3) is 0 Å². The molecule has 100 valence electrons. The van der Waals surface area contributed by atoms with Gasteiger partial charge in [0.1, 0.15) is 0 Å². The van der Waals surface area contributed by atoms with E-state index in [4.69, 9.17) is 16.3 Å². The monoisotopic (exact) mass is 267 g/mol. The molecule has 0 saturated heterocycles. The fraction of sp³-hybridized carbons (Fsp3) is 0.467. The predicted octanol–water partition coefficient (Wildman–Crippen LogP) is 3.57. The molecule has 1 aromatic carbocycles. The van der Waals surface area contributed by atoms with Gasteiger partial charge in [-0.05, 0) is 5.56 Å². The van der Waals surface area contributed by atoms with Crippen molar-refractivity contribution >= 4 is 11.6 Å². The van der Waals surface area contributed by atoms with Gasteiger partial charge in [0.05, 0.1) is 13.2 Å². The van der Waals surface area contributed by atoms with Crippen molar-refractivity contribution < 1.29 is 4.74 Å². The van der Waals surface area contributed by atoms with E-state index in [1.807, 2.05) is 6.07 Å². The summed E-state index contributed by atoms with van der Waals surface area (Å²) in [5.74, 6) is 0. The van der Waals surface area contributed by atoms with Gasteiger partial charge in [0, 0.05) is 23.5 Å². The van der Waals surface area contributed by atoms with Crippen LogP contribution in [0, 0.1) is 5.41 Å². The molecule has 0 saturated carbocycles. The Kier molecular flexibility index (Phi) is 6.41. The maximum atomic E-state index is 5.66. The fourth-order valence-electron chi connectivity index (χ4n) is 1.63. The number of hydrogen-bond donors (Lipinski definition) is 1. The summed E-state index contributed by atoms with van der Waals surface area (Å²) in [6.07, 6.45) is 0. The lowest BCUT2D eigenvalue weighted by Gasteiger charge is -2.24. The highest BCUT2D eigenvalue weighted by Gasteiger charge is 2.17. The van der Waals surface area contributed by atoms with E-state index in [1.54, 1.807) is 0 Å². The van der Waals surface area contributed by atoms with Crippen molar-refractivity contribution in [2.75, 3.05) is 19.8 Å². The lowest BCUT2D eigenvalue weighted by Crippen LogP contribution is -2.33. The molecular weight excluding hydrogens is 246 g/mol. The zero-order valence-electron chi connectivity index (χ0n) is 11.2. The number of nitrogens with one attached hydrogen (secondary N) is 1. The molecule has 0 fully saturated rings. The largest absolute Gasteiger partial charge is 0.375 e. The fourth-order valence-corrected chi connectivity index (χ4v) is 1.71. The van der Waals surface area contributed by atoms with Crippen molar-refractivity contribution in [1.82, 2.24) is 5.32 Å². The Balaban J connectivity index is 2.22. The predicted molar refractivity (Wildman–Crippen MR) is 77.7 cm³/mol. The summed E-state index contributed by atoms with van der Waals surface area (Å²) in [6.45, 7) is 10.8. The van der Waals surface area contributed by atoms with Crippen LogP contribution < -0.4 is 5.32 Å². The number of ether oxygens (including phenoxy) is 1. The molecule has 0 atom stereocenters. The van der Waals surface area contributed by atoms with E-state index in [2.05, 4.69) is 50.0 Å². The standard InChI is InChI=1S/C15H22ClNO/c1-13(16)10-18-12-15(2,3)11-17-9-14-7-5-4-6-8-14/h4-8,17H,1,9-12H2,2-3H3. The Labute approximate surface area is 115 Å². The van der Waals surface area contributed by atoms with Crippen molar-refractivity contribution in [3.8, 4) is 0 Å². The summed E-state index contributed by atoms with van der Waals surface area (Å²) in [5, 5.41) is 3.99. The SMILES string of the molecule is C=C(Cl)COCC(C)(C)CNCc1ccccc1. The van der Waals surface area contributed by atoms with Gasteiger partial charge in [-0.15, -0.1) is 0 Å². The normalized spacial score (nSPS) is 11.5. The Hall–Kier alpha value is -0.830. The maximum absolute atomic E-state index is 5.66. The minimum atomic E-state index is 0.0844. The maximum Gasteiger partial charge on any atom is 0.0817 e. The summed E-state index contributed by atoms with van der Waals surface area (Å²) in [5.41, 5.74) is 1.38. The van der Waals surface area contributed by atoms with Crippen LogP contribution in [0.25, 0.3) is 0 Å².